The molecule has 0 fully saturated rings. The van der Waals surface area contributed by atoms with Gasteiger partial charge in [0.25, 0.3) is 0 Å². The van der Waals surface area contributed by atoms with Crippen LogP contribution in [0.4, 0.5) is 0 Å². The first kappa shape index (κ1) is 13.8. The van der Waals surface area contributed by atoms with E-state index in [1.807, 2.05) is 6.20 Å². The fourth-order valence-electron chi connectivity index (χ4n) is 1.84. The van der Waals surface area contributed by atoms with Gasteiger partial charge in [-0.1, -0.05) is 48.0 Å². The number of hydrogen-bond acceptors (Lipinski definition) is 1. The topological polar surface area (TPSA) is 17.8 Å². The highest BCUT2D eigenvalue weighted by molar-refractivity contribution is 9.09. The van der Waals surface area contributed by atoms with Crippen molar-refractivity contribution in [2.45, 2.75) is 58.4 Å². The summed E-state index contributed by atoms with van der Waals surface area (Å²) in [5.41, 5.74) is 1.26. The van der Waals surface area contributed by atoms with E-state index in [2.05, 4.69) is 38.8 Å². The summed E-state index contributed by atoms with van der Waals surface area (Å²) in [5.74, 6) is 0. The summed E-state index contributed by atoms with van der Waals surface area (Å²) in [6.45, 7) is 3.17. The SMILES string of the molecule is Cc1cnn(CCCCCCCCCBr)c1. The molecular weight excluding hydrogens is 264 g/mol. The standard InChI is InChI=1S/C13H23BrN2/c1-13-11-15-16(12-13)10-8-6-4-2-3-5-7-9-14/h11-12H,2-10H2,1H3. The maximum absolute atomic E-state index is 4.29. The Labute approximate surface area is 108 Å². The van der Waals surface area contributed by atoms with Crippen molar-refractivity contribution in [1.29, 1.82) is 0 Å². The van der Waals surface area contributed by atoms with Gasteiger partial charge >= 0.3 is 0 Å². The molecule has 0 unspecified atom stereocenters. The van der Waals surface area contributed by atoms with Crippen molar-refractivity contribution in [1.82, 2.24) is 9.78 Å². The van der Waals surface area contributed by atoms with Crippen LogP contribution in [0.3, 0.4) is 0 Å². The number of hydrogen-bond donors (Lipinski definition) is 0. The number of unbranched alkanes of at least 4 members (excludes halogenated alkanes) is 6. The molecule has 16 heavy (non-hydrogen) atoms. The van der Waals surface area contributed by atoms with Crippen molar-refractivity contribution in [2.75, 3.05) is 5.33 Å². The Morgan fingerprint density at radius 2 is 1.69 bits per heavy atom. The lowest BCUT2D eigenvalue weighted by Crippen LogP contribution is -1.97. The fraction of sp³-hybridized carbons (Fsp3) is 0.769. The van der Waals surface area contributed by atoms with E-state index in [1.54, 1.807) is 0 Å². The number of alkyl halides is 1. The molecule has 2 nitrogen and oxygen atoms in total. The van der Waals surface area contributed by atoms with Gasteiger partial charge in [-0.25, -0.2) is 0 Å². The largest absolute Gasteiger partial charge is 0.272 e. The molecule has 0 aromatic carbocycles. The molecule has 0 N–H and O–H groups in total. The van der Waals surface area contributed by atoms with Gasteiger partial charge in [-0.3, -0.25) is 4.68 Å². The molecule has 0 atom stereocenters. The number of aromatic nitrogens is 2. The maximum atomic E-state index is 4.29. The van der Waals surface area contributed by atoms with Crippen LogP contribution in [0.15, 0.2) is 12.4 Å². The first-order valence-electron chi connectivity index (χ1n) is 6.38. The van der Waals surface area contributed by atoms with E-state index in [4.69, 9.17) is 0 Å². The highest BCUT2D eigenvalue weighted by Gasteiger charge is 1.94. The van der Waals surface area contributed by atoms with Crippen LogP contribution < -0.4 is 0 Å². The summed E-state index contributed by atoms with van der Waals surface area (Å²) < 4.78 is 2.06. The predicted octanol–water partition coefficient (Wildman–Crippen LogP) is 4.32. The van der Waals surface area contributed by atoms with Crippen LogP contribution in [-0.2, 0) is 6.54 Å². The van der Waals surface area contributed by atoms with Gasteiger partial charge in [0.2, 0.25) is 0 Å². The Morgan fingerprint density at radius 1 is 1.06 bits per heavy atom. The quantitative estimate of drug-likeness (QED) is 0.488. The van der Waals surface area contributed by atoms with Crippen molar-refractivity contribution < 1.29 is 0 Å². The molecule has 92 valence electrons. The van der Waals surface area contributed by atoms with Crippen LogP contribution in [0.25, 0.3) is 0 Å². The van der Waals surface area contributed by atoms with Crippen molar-refractivity contribution in [3.63, 3.8) is 0 Å². The second kappa shape index (κ2) is 8.80. The zero-order chi connectivity index (χ0) is 11.6. The average Bonchev–Trinajstić information content (AvgIpc) is 2.68. The Kier molecular flexibility index (Phi) is 7.56. The molecule has 1 heterocycles. The zero-order valence-electron chi connectivity index (χ0n) is 10.3. The third-order valence-corrected chi connectivity index (χ3v) is 3.34. The first-order chi connectivity index (χ1) is 7.83. The van der Waals surface area contributed by atoms with Crippen LogP contribution in [0.5, 0.6) is 0 Å². The normalized spacial score (nSPS) is 10.9. The molecular formula is C13H23BrN2. The van der Waals surface area contributed by atoms with E-state index in [0.717, 1.165) is 11.9 Å². The van der Waals surface area contributed by atoms with E-state index in [9.17, 15) is 0 Å². The lowest BCUT2D eigenvalue weighted by atomic mass is 10.1. The monoisotopic (exact) mass is 286 g/mol. The summed E-state index contributed by atoms with van der Waals surface area (Å²) in [6, 6.07) is 0. The lowest BCUT2D eigenvalue weighted by molar-refractivity contribution is 0.523. The average molecular weight is 287 g/mol. The molecule has 1 rings (SSSR count). The summed E-state index contributed by atoms with van der Waals surface area (Å²) in [6.07, 6.45) is 13.5. The third kappa shape index (κ3) is 6.31. The Hall–Kier alpha value is -0.310. The first-order valence-corrected chi connectivity index (χ1v) is 7.50. The van der Waals surface area contributed by atoms with Crippen molar-refractivity contribution in [3.05, 3.63) is 18.0 Å². The highest BCUT2D eigenvalue weighted by Crippen LogP contribution is 2.08. The summed E-state index contributed by atoms with van der Waals surface area (Å²) >= 11 is 3.46. The Morgan fingerprint density at radius 3 is 2.25 bits per heavy atom. The van der Waals surface area contributed by atoms with Crippen molar-refractivity contribution in [2.24, 2.45) is 0 Å². The summed E-state index contributed by atoms with van der Waals surface area (Å²) in [7, 11) is 0. The third-order valence-electron chi connectivity index (χ3n) is 2.78. The van der Waals surface area contributed by atoms with Crippen LogP contribution in [-0.4, -0.2) is 15.1 Å². The molecule has 1 aromatic heterocycles. The molecule has 0 saturated heterocycles. The Bertz CT molecular complexity index is 271. The van der Waals surface area contributed by atoms with Crippen LogP contribution in [0, 0.1) is 6.92 Å². The highest BCUT2D eigenvalue weighted by atomic mass is 79.9. The lowest BCUT2D eigenvalue weighted by Gasteiger charge is -2.02. The van der Waals surface area contributed by atoms with Gasteiger partial charge in [-0.2, -0.15) is 5.10 Å². The van der Waals surface area contributed by atoms with E-state index < -0.39 is 0 Å². The Balaban J connectivity index is 1.88. The second-order valence-electron chi connectivity index (χ2n) is 4.44. The molecule has 0 spiro atoms. The van der Waals surface area contributed by atoms with Crippen molar-refractivity contribution in [3.8, 4) is 0 Å². The van der Waals surface area contributed by atoms with Crippen molar-refractivity contribution >= 4 is 15.9 Å². The van der Waals surface area contributed by atoms with Gasteiger partial charge in [0, 0.05) is 18.1 Å². The summed E-state index contributed by atoms with van der Waals surface area (Å²) in [4.78, 5) is 0. The molecule has 1 aromatic rings. The van der Waals surface area contributed by atoms with Gasteiger partial charge in [0.05, 0.1) is 6.20 Å². The van der Waals surface area contributed by atoms with Crippen LogP contribution in [0.2, 0.25) is 0 Å². The van der Waals surface area contributed by atoms with Gasteiger partial charge in [-0.05, 0) is 25.3 Å². The van der Waals surface area contributed by atoms with Gasteiger partial charge < -0.3 is 0 Å². The minimum Gasteiger partial charge on any atom is -0.272 e. The number of halogens is 1. The molecule has 3 heteroatoms. The molecule has 0 saturated carbocycles. The smallest absolute Gasteiger partial charge is 0.0518 e. The van der Waals surface area contributed by atoms with E-state index >= 15 is 0 Å². The molecule has 0 aliphatic rings. The van der Waals surface area contributed by atoms with Gasteiger partial charge in [0.1, 0.15) is 0 Å². The van der Waals surface area contributed by atoms with E-state index in [0.29, 0.717) is 0 Å². The van der Waals surface area contributed by atoms with Gasteiger partial charge in [0.15, 0.2) is 0 Å². The molecule has 0 bridgehead atoms. The second-order valence-corrected chi connectivity index (χ2v) is 5.24. The molecule has 0 aliphatic heterocycles. The van der Waals surface area contributed by atoms with E-state index in [1.165, 1.54) is 50.5 Å². The molecule has 0 amide bonds. The molecule has 0 radical (unpaired) electrons. The van der Waals surface area contributed by atoms with Gasteiger partial charge in [-0.15, -0.1) is 0 Å². The summed E-state index contributed by atoms with van der Waals surface area (Å²) in [5, 5.41) is 5.44. The number of rotatable bonds is 9. The molecule has 0 aliphatic carbocycles. The minimum atomic E-state index is 1.08. The zero-order valence-corrected chi connectivity index (χ0v) is 11.9. The predicted molar refractivity (Wildman–Crippen MR) is 73.1 cm³/mol. The van der Waals surface area contributed by atoms with Crippen LogP contribution >= 0.6 is 15.9 Å². The number of aryl methyl sites for hydroxylation is 2. The minimum absolute atomic E-state index is 1.08. The van der Waals surface area contributed by atoms with E-state index in [-0.39, 0.29) is 0 Å². The van der Waals surface area contributed by atoms with Crippen LogP contribution in [0.1, 0.15) is 50.5 Å². The number of nitrogens with zero attached hydrogens (tertiary/aromatic N) is 2. The fourth-order valence-corrected chi connectivity index (χ4v) is 2.24. The maximum Gasteiger partial charge on any atom is 0.0518 e.